The van der Waals surface area contributed by atoms with Crippen LogP contribution in [0.5, 0.6) is 5.75 Å². The molecule has 2 aromatic carbocycles. The van der Waals surface area contributed by atoms with Gasteiger partial charge in [0.05, 0.1) is 6.21 Å². The fraction of sp³-hybridized carbons (Fsp3) is 0.333. The molecule has 2 rings (SSSR count). The lowest BCUT2D eigenvalue weighted by atomic mass is 10.1. The fourth-order valence-electron chi connectivity index (χ4n) is 2.52. The van der Waals surface area contributed by atoms with E-state index in [1.54, 1.807) is 6.21 Å². The summed E-state index contributed by atoms with van der Waals surface area (Å²) in [7, 11) is 0. The van der Waals surface area contributed by atoms with Crippen molar-refractivity contribution in [3.8, 4) is 5.75 Å². The first kappa shape index (κ1) is 19.5. The third-order valence-corrected chi connectivity index (χ3v) is 4.27. The fourth-order valence-corrected chi connectivity index (χ4v) is 2.52. The second kappa shape index (κ2) is 9.61. The van der Waals surface area contributed by atoms with Gasteiger partial charge in [0.1, 0.15) is 5.75 Å². The van der Waals surface area contributed by atoms with Crippen LogP contribution in [0.15, 0.2) is 47.6 Å². The minimum atomic E-state index is -0.292. The van der Waals surface area contributed by atoms with Crippen molar-refractivity contribution in [3.63, 3.8) is 0 Å². The highest BCUT2D eigenvalue weighted by Crippen LogP contribution is 2.16. The van der Waals surface area contributed by atoms with Crippen LogP contribution in [0.25, 0.3) is 0 Å². The van der Waals surface area contributed by atoms with Crippen molar-refractivity contribution in [1.82, 2.24) is 5.43 Å². The molecule has 138 valence electrons. The number of hydrogen-bond acceptors (Lipinski definition) is 4. The van der Waals surface area contributed by atoms with Crippen LogP contribution in [0, 0.1) is 13.8 Å². The highest BCUT2D eigenvalue weighted by molar-refractivity contribution is 5.83. The van der Waals surface area contributed by atoms with Crippen molar-refractivity contribution < 1.29 is 9.53 Å². The lowest BCUT2D eigenvalue weighted by molar-refractivity contribution is -0.123. The number of carbonyl (C=O) groups excluding carboxylic acids is 1. The normalized spacial score (nSPS) is 10.8. The highest BCUT2D eigenvalue weighted by atomic mass is 16.5. The number of nitrogens with zero attached hydrogens (tertiary/aromatic N) is 2. The average molecular weight is 353 g/mol. The Morgan fingerprint density at radius 3 is 2.38 bits per heavy atom. The first-order valence-corrected chi connectivity index (χ1v) is 8.90. The molecule has 5 nitrogen and oxygen atoms in total. The van der Waals surface area contributed by atoms with Crippen LogP contribution in [0.1, 0.15) is 30.5 Å². The van der Waals surface area contributed by atoms with E-state index >= 15 is 0 Å². The molecule has 2 aromatic rings. The summed E-state index contributed by atoms with van der Waals surface area (Å²) in [6, 6.07) is 13.8. The molecule has 0 aliphatic rings. The minimum absolute atomic E-state index is 0.0687. The summed E-state index contributed by atoms with van der Waals surface area (Å²) < 4.78 is 5.48. The Morgan fingerprint density at radius 2 is 1.77 bits per heavy atom. The Labute approximate surface area is 155 Å². The molecule has 26 heavy (non-hydrogen) atoms. The molecule has 0 unspecified atom stereocenters. The van der Waals surface area contributed by atoms with Crippen molar-refractivity contribution in [2.75, 3.05) is 24.6 Å². The maximum Gasteiger partial charge on any atom is 0.277 e. The lowest BCUT2D eigenvalue weighted by Gasteiger charge is -2.20. The Hall–Kier alpha value is -2.82. The van der Waals surface area contributed by atoms with Crippen LogP contribution in [-0.4, -0.2) is 31.8 Å². The van der Waals surface area contributed by atoms with E-state index in [0.717, 1.165) is 24.2 Å². The third-order valence-electron chi connectivity index (χ3n) is 4.27. The number of hydrazone groups is 1. The smallest absolute Gasteiger partial charge is 0.277 e. The number of aryl methyl sites for hydroxylation is 2. The van der Waals surface area contributed by atoms with Crippen LogP contribution in [-0.2, 0) is 4.79 Å². The summed E-state index contributed by atoms with van der Waals surface area (Å²) >= 11 is 0. The van der Waals surface area contributed by atoms with E-state index in [4.69, 9.17) is 4.74 Å². The van der Waals surface area contributed by atoms with E-state index in [1.165, 1.54) is 11.3 Å². The van der Waals surface area contributed by atoms with E-state index in [1.807, 2.05) is 44.2 Å². The zero-order valence-corrected chi connectivity index (χ0v) is 16.0. The Bertz CT molecular complexity index is 750. The van der Waals surface area contributed by atoms with Gasteiger partial charge in [0.25, 0.3) is 5.91 Å². The second-order valence-corrected chi connectivity index (χ2v) is 6.09. The van der Waals surface area contributed by atoms with E-state index in [9.17, 15) is 4.79 Å². The zero-order chi connectivity index (χ0) is 18.9. The Balaban J connectivity index is 1.81. The SMILES string of the molecule is CCN(CC)c1ccc(/C=N\NC(=O)COc2ccc(C)c(C)c2)cc1. The third kappa shape index (κ3) is 5.62. The molecular weight excluding hydrogens is 326 g/mol. The number of benzene rings is 2. The molecular formula is C21H27N3O2. The molecule has 0 saturated carbocycles. The van der Waals surface area contributed by atoms with Gasteiger partial charge in [0.2, 0.25) is 0 Å². The van der Waals surface area contributed by atoms with Crippen molar-refractivity contribution in [2.45, 2.75) is 27.7 Å². The van der Waals surface area contributed by atoms with E-state index < -0.39 is 0 Å². The Morgan fingerprint density at radius 1 is 1.08 bits per heavy atom. The van der Waals surface area contributed by atoms with Crippen LogP contribution < -0.4 is 15.1 Å². The van der Waals surface area contributed by atoms with Crippen LogP contribution in [0.2, 0.25) is 0 Å². The van der Waals surface area contributed by atoms with Crippen molar-refractivity contribution in [2.24, 2.45) is 5.10 Å². The van der Waals surface area contributed by atoms with E-state index in [-0.39, 0.29) is 12.5 Å². The summed E-state index contributed by atoms with van der Waals surface area (Å²) in [6.45, 7) is 10.2. The van der Waals surface area contributed by atoms with Gasteiger partial charge in [0, 0.05) is 18.8 Å². The molecule has 0 fully saturated rings. The maximum absolute atomic E-state index is 11.8. The van der Waals surface area contributed by atoms with Gasteiger partial charge < -0.3 is 9.64 Å². The molecule has 0 spiro atoms. The molecule has 1 amide bonds. The van der Waals surface area contributed by atoms with Gasteiger partial charge in [-0.2, -0.15) is 5.10 Å². The van der Waals surface area contributed by atoms with Gasteiger partial charge >= 0.3 is 0 Å². The molecule has 1 N–H and O–H groups in total. The van der Waals surface area contributed by atoms with E-state index in [2.05, 4.69) is 41.4 Å². The molecule has 5 heteroatoms. The standard InChI is InChI=1S/C21H27N3O2/c1-5-24(6-2)19-10-8-18(9-11-19)14-22-23-21(25)15-26-20-12-7-16(3)17(4)13-20/h7-14H,5-6,15H2,1-4H3,(H,23,25)/b22-14-. The molecule has 0 aromatic heterocycles. The van der Waals surface area contributed by atoms with Crippen LogP contribution in [0.4, 0.5) is 5.69 Å². The number of rotatable bonds is 8. The van der Waals surface area contributed by atoms with Gasteiger partial charge in [-0.05, 0) is 68.7 Å². The minimum Gasteiger partial charge on any atom is -0.484 e. The number of nitrogens with one attached hydrogen (secondary N) is 1. The monoisotopic (exact) mass is 353 g/mol. The largest absolute Gasteiger partial charge is 0.484 e. The first-order chi connectivity index (χ1) is 12.5. The molecule has 0 saturated heterocycles. The summed E-state index contributed by atoms with van der Waals surface area (Å²) in [5.41, 5.74) is 6.91. The summed E-state index contributed by atoms with van der Waals surface area (Å²) in [5.74, 6) is 0.387. The van der Waals surface area contributed by atoms with Crippen molar-refractivity contribution in [3.05, 3.63) is 59.2 Å². The predicted molar refractivity (Wildman–Crippen MR) is 107 cm³/mol. The maximum atomic E-state index is 11.8. The van der Waals surface area contributed by atoms with Crippen LogP contribution in [0.3, 0.4) is 0 Å². The number of ether oxygens (including phenoxy) is 1. The molecule has 0 heterocycles. The van der Waals surface area contributed by atoms with Gasteiger partial charge in [-0.25, -0.2) is 5.43 Å². The molecule has 0 bridgehead atoms. The Kier molecular flexibility index (Phi) is 7.21. The average Bonchev–Trinajstić information content (AvgIpc) is 2.65. The number of carbonyl (C=O) groups is 1. The number of amides is 1. The molecule has 0 atom stereocenters. The summed E-state index contributed by atoms with van der Waals surface area (Å²) in [5, 5.41) is 3.98. The van der Waals surface area contributed by atoms with Crippen molar-refractivity contribution >= 4 is 17.8 Å². The number of hydrogen-bond donors (Lipinski definition) is 1. The van der Waals surface area contributed by atoms with E-state index in [0.29, 0.717) is 5.75 Å². The zero-order valence-electron chi connectivity index (χ0n) is 16.0. The molecule has 0 aliphatic heterocycles. The van der Waals surface area contributed by atoms with Gasteiger partial charge in [-0.1, -0.05) is 18.2 Å². The molecule has 0 radical (unpaired) electrons. The van der Waals surface area contributed by atoms with Gasteiger partial charge in [-0.15, -0.1) is 0 Å². The molecule has 0 aliphatic carbocycles. The lowest BCUT2D eigenvalue weighted by Crippen LogP contribution is -2.24. The highest BCUT2D eigenvalue weighted by Gasteiger charge is 2.03. The quantitative estimate of drug-likeness (QED) is 0.582. The first-order valence-electron chi connectivity index (χ1n) is 8.90. The van der Waals surface area contributed by atoms with Gasteiger partial charge in [0.15, 0.2) is 6.61 Å². The van der Waals surface area contributed by atoms with Crippen molar-refractivity contribution in [1.29, 1.82) is 0 Å². The predicted octanol–water partition coefficient (Wildman–Crippen LogP) is 3.68. The summed E-state index contributed by atoms with van der Waals surface area (Å²) in [4.78, 5) is 14.1. The second-order valence-electron chi connectivity index (χ2n) is 6.09. The topological polar surface area (TPSA) is 53.9 Å². The number of anilines is 1. The van der Waals surface area contributed by atoms with Crippen LogP contribution >= 0.6 is 0 Å². The summed E-state index contributed by atoms with van der Waals surface area (Å²) in [6.07, 6.45) is 1.62. The van der Waals surface area contributed by atoms with Gasteiger partial charge in [-0.3, -0.25) is 4.79 Å².